The number of esters is 1. The van der Waals surface area contributed by atoms with Gasteiger partial charge in [0.25, 0.3) is 0 Å². The lowest BCUT2D eigenvalue weighted by molar-refractivity contribution is -0.131. The van der Waals surface area contributed by atoms with Crippen molar-refractivity contribution in [2.45, 2.75) is 33.6 Å². The summed E-state index contributed by atoms with van der Waals surface area (Å²) < 4.78 is 5.00. The van der Waals surface area contributed by atoms with Crippen molar-refractivity contribution < 1.29 is 14.6 Å². The quantitative estimate of drug-likeness (QED) is 0.613. The smallest absolute Gasteiger partial charge is 0.308 e. The van der Waals surface area contributed by atoms with E-state index in [0.717, 1.165) is 11.1 Å². The molecule has 1 aromatic rings. The first-order valence-corrected chi connectivity index (χ1v) is 5.11. The van der Waals surface area contributed by atoms with Gasteiger partial charge in [-0.05, 0) is 36.1 Å². The fourth-order valence-corrected chi connectivity index (χ4v) is 1.49. The molecular weight excluding hydrogens is 192 g/mol. The summed E-state index contributed by atoms with van der Waals surface area (Å²) in [5.41, 5.74) is 1.62. The van der Waals surface area contributed by atoms with Gasteiger partial charge in [-0.2, -0.15) is 0 Å². The van der Waals surface area contributed by atoms with Crippen LogP contribution in [0.2, 0.25) is 0 Å². The molecule has 0 bridgehead atoms. The molecule has 0 heterocycles. The maximum absolute atomic E-state index is 10.8. The minimum atomic E-state index is -0.343. The van der Waals surface area contributed by atoms with Crippen molar-refractivity contribution in [1.29, 1.82) is 0 Å². The number of carbonyl (C=O) groups excluding carboxylic acids is 1. The molecule has 0 aromatic heterocycles. The molecule has 15 heavy (non-hydrogen) atoms. The van der Waals surface area contributed by atoms with Crippen LogP contribution in [-0.4, -0.2) is 11.1 Å². The highest BCUT2D eigenvalue weighted by Crippen LogP contribution is 2.29. The van der Waals surface area contributed by atoms with Crippen LogP contribution in [0.5, 0.6) is 11.5 Å². The summed E-state index contributed by atoms with van der Waals surface area (Å²) in [6.45, 7) is 5.27. The zero-order chi connectivity index (χ0) is 11.4. The van der Waals surface area contributed by atoms with Gasteiger partial charge in [0, 0.05) is 6.92 Å². The van der Waals surface area contributed by atoms with Gasteiger partial charge in [-0.1, -0.05) is 13.8 Å². The van der Waals surface area contributed by atoms with E-state index in [4.69, 9.17) is 4.74 Å². The molecule has 0 saturated heterocycles. The Hall–Kier alpha value is -1.51. The lowest BCUT2D eigenvalue weighted by Gasteiger charge is -2.10. The van der Waals surface area contributed by atoms with Crippen LogP contribution in [0.25, 0.3) is 0 Å². The summed E-state index contributed by atoms with van der Waals surface area (Å²) in [6, 6.07) is 3.41. The number of ether oxygens (including phenoxy) is 1. The van der Waals surface area contributed by atoms with E-state index >= 15 is 0 Å². The summed E-state index contributed by atoms with van der Waals surface area (Å²) in [7, 11) is 0. The highest BCUT2D eigenvalue weighted by molar-refractivity contribution is 5.69. The second kappa shape index (κ2) is 4.82. The van der Waals surface area contributed by atoms with E-state index < -0.39 is 0 Å². The van der Waals surface area contributed by atoms with Crippen LogP contribution in [-0.2, 0) is 17.6 Å². The van der Waals surface area contributed by atoms with Crippen molar-refractivity contribution in [1.82, 2.24) is 0 Å². The molecule has 3 heteroatoms. The van der Waals surface area contributed by atoms with E-state index in [0.29, 0.717) is 24.3 Å². The first-order valence-electron chi connectivity index (χ1n) is 5.11. The van der Waals surface area contributed by atoms with Gasteiger partial charge in [0.15, 0.2) is 0 Å². The fourth-order valence-electron chi connectivity index (χ4n) is 1.49. The highest BCUT2D eigenvalue weighted by Gasteiger charge is 2.09. The molecule has 1 rings (SSSR count). The molecule has 0 saturated carbocycles. The Morgan fingerprint density at radius 3 is 2.07 bits per heavy atom. The topological polar surface area (TPSA) is 46.5 Å². The van der Waals surface area contributed by atoms with Crippen molar-refractivity contribution >= 4 is 5.97 Å². The molecule has 0 aliphatic carbocycles. The van der Waals surface area contributed by atoms with Gasteiger partial charge in [0.05, 0.1) is 0 Å². The van der Waals surface area contributed by atoms with E-state index in [1.54, 1.807) is 12.1 Å². The summed E-state index contributed by atoms with van der Waals surface area (Å²) in [6.07, 6.45) is 1.43. The number of phenols is 1. The standard InChI is InChI=1S/C12H16O3/c1-4-9-6-11(15-8(3)13)7-10(5-2)12(9)14/h6-7,14H,4-5H2,1-3H3. The summed E-state index contributed by atoms with van der Waals surface area (Å²) in [4.78, 5) is 10.8. The Bertz CT molecular complexity index is 344. The Kier molecular flexibility index (Phi) is 3.72. The van der Waals surface area contributed by atoms with Gasteiger partial charge >= 0.3 is 5.97 Å². The number of aryl methyl sites for hydroxylation is 2. The van der Waals surface area contributed by atoms with Crippen LogP contribution in [0.15, 0.2) is 12.1 Å². The number of hydrogen-bond donors (Lipinski definition) is 1. The summed E-state index contributed by atoms with van der Waals surface area (Å²) in [5, 5.41) is 9.81. The molecule has 0 amide bonds. The minimum Gasteiger partial charge on any atom is -0.507 e. The van der Waals surface area contributed by atoms with E-state index in [-0.39, 0.29) is 5.97 Å². The number of benzene rings is 1. The maximum atomic E-state index is 10.8. The van der Waals surface area contributed by atoms with Gasteiger partial charge < -0.3 is 9.84 Å². The molecule has 0 unspecified atom stereocenters. The molecule has 0 spiro atoms. The van der Waals surface area contributed by atoms with Crippen molar-refractivity contribution in [3.63, 3.8) is 0 Å². The van der Waals surface area contributed by atoms with E-state index in [9.17, 15) is 9.90 Å². The predicted molar refractivity (Wildman–Crippen MR) is 58.2 cm³/mol. The molecule has 0 atom stereocenters. The third kappa shape index (κ3) is 2.72. The van der Waals surface area contributed by atoms with Crippen LogP contribution in [0, 0.1) is 0 Å². The normalized spacial score (nSPS) is 10.1. The average Bonchev–Trinajstić information content (AvgIpc) is 2.19. The first kappa shape index (κ1) is 11.6. The molecule has 1 N–H and O–H groups in total. The van der Waals surface area contributed by atoms with Crippen LogP contribution in [0.4, 0.5) is 0 Å². The third-order valence-corrected chi connectivity index (χ3v) is 2.26. The van der Waals surface area contributed by atoms with Gasteiger partial charge in [0.2, 0.25) is 0 Å². The Balaban J connectivity index is 3.14. The van der Waals surface area contributed by atoms with Crippen LogP contribution >= 0.6 is 0 Å². The molecular formula is C12H16O3. The van der Waals surface area contributed by atoms with Gasteiger partial charge in [-0.25, -0.2) is 0 Å². The number of phenolic OH excluding ortho intramolecular Hbond substituents is 1. The number of rotatable bonds is 3. The predicted octanol–water partition coefficient (Wildman–Crippen LogP) is 2.44. The van der Waals surface area contributed by atoms with Crippen molar-refractivity contribution in [2.24, 2.45) is 0 Å². The van der Waals surface area contributed by atoms with E-state index in [1.165, 1.54) is 6.92 Å². The van der Waals surface area contributed by atoms with Crippen LogP contribution in [0.1, 0.15) is 31.9 Å². The largest absolute Gasteiger partial charge is 0.507 e. The Labute approximate surface area is 89.7 Å². The molecule has 0 aliphatic heterocycles. The second-order valence-electron chi connectivity index (χ2n) is 3.39. The lowest BCUT2D eigenvalue weighted by atomic mass is 10.0. The monoisotopic (exact) mass is 208 g/mol. The van der Waals surface area contributed by atoms with Gasteiger partial charge in [-0.3, -0.25) is 4.79 Å². The Morgan fingerprint density at radius 2 is 1.73 bits per heavy atom. The molecule has 3 nitrogen and oxygen atoms in total. The third-order valence-electron chi connectivity index (χ3n) is 2.26. The summed E-state index contributed by atoms with van der Waals surface area (Å²) >= 11 is 0. The zero-order valence-electron chi connectivity index (χ0n) is 9.33. The molecule has 0 fully saturated rings. The number of hydrogen-bond acceptors (Lipinski definition) is 3. The molecule has 1 aromatic carbocycles. The number of carbonyl (C=O) groups is 1. The van der Waals surface area contributed by atoms with Crippen molar-refractivity contribution in [3.8, 4) is 11.5 Å². The SMILES string of the molecule is CCc1cc(OC(C)=O)cc(CC)c1O. The maximum Gasteiger partial charge on any atom is 0.308 e. The van der Waals surface area contributed by atoms with Gasteiger partial charge in [-0.15, -0.1) is 0 Å². The molecule has 0 aliphatic rings. The summed E-state index contributed by atoms with van der Waals surface area (Å²) in [5.74, 6) is 0.481. The van der Waals surface area contributed by atoms with Crippen LogP contribution < -0.4 is 4.74 Å². The Morgan fingerprint density at radius 1 is 1.27 bits per heavy atom. The lowest BCUT2D eigenvalue weighted by Crippen LogP contribution is -2.02. The molecule has 0 radical (unpaired) electrons. The van der Waals surface area contributed by atoms with E-state index in [1.807, 2.05) is 13.8 Å². The fraction of sp³-hybridized carbons (Fsp3) is 0.417. The second-order valence-corrected chi connectivity index (χ2v) is 3.39. The molecule has 82 valence electrons. The highest BCUT2D eigenvalue weighted by atomic mass is 16.5. The van der Waals surface area contributed by atoms with Crippen molar-refractivity contribution in [2.75, 3.05) is 0 Å². The van der Waals surface area contributed by atoms with Crippen molar-refractivity contribution in [3.05, 3.63) is 23.3 Å². The average molecular weight is 208 g/mol. The van der Waals surface area contributed by atoms with Gasteiger partial charge in [0.1, 0.15) is 11.5 Å². The zero-order valence-corrected chi connectivity index (χ0v) is 9.33. The minimum absolute atomic E-state index is 0.316. The first-order chi connectivity index (χ1) is 7.08. The van der Waals surface area contributed by atoms with E-state index in [2.05, 4.69) is 0 Å². The van der Waals surface area contributed by atoms with Crippen LogP contribution in [0.3, 0.4) is 0 Å². The number of aromatic hydroxyl groups is 1.